The molecular formula is C23H19N3O5. The van der Waals surface area contributed by atoms with Gasteiger partial charge in [0.05, 0.1) is 29.8 Å². The number of pyridine rings is 1. The van der Waals surface area contributed by atoms with Crippen molar-refractivity contribution in [3.8, 4) is 5.69 Å². The van der Waals surface area contributed by atoms with Gasteiger partial charge in [0, 0.05) is 6.07 Å². The summed E-state index contributed by atoms with van der Waals surface area (Å²) in [6.07, 6.45) is 0.405. The number of methoxy groups -OCH3 is 1. The van der Waals surface area contributed by atoms with Crippen LogP contribution in [0.2, 0.25) is 0 Å². The number of nitrogens with two attached hydrogens (primary N) is 1. The zero-order chi connectivity index (χ0) is 22.1. The predicted octanol–water partition coefficient (Wildman–Crippen LogP) is 1.80. The van der Waals surface area contributed by atoms with E-state index in [1.165, 1.54) is 11.7 Å². The highest BCUT2D eigenvalue weighted by atomic mass is 16.5. The lowest BCUT2D eigenvalue weighted by Crippen LogP contribution is -2.24. The number of amides is 2. The average molecular weight is 417 g/mol. The Kier molecular flexibility index (Phi) is 5.12. The van der Waals surface area contributed by atoms with E-state index in [1.807, 2.05) is 30.3 Å². The fraction of sp³-hybridized carbons (Fsp3) is 0.130. The summed E-state index contributed by atoms with van der Waals surface area (Å²) in [5, 5.41) is 2.14. The van der Waals surface area contributed by atoms with Gasteiger partial charge in [-0.05, 0) is 29.7 Å². The van der Waals surface area contributed by atoms with Crippen LogP contribution in [0.5, 0.6) is 0 Å². The first-order chi connectivity index (χ1) is 14.9. The third-order valence-electron chi connectivity index (χ3n) is 5.28. The van der Waals surface area contributed by atoms with Crippen molar-refractivity contribution in [2.45, 2.75) is 12.3 Å². The minimum atomic E-state index is -0.638. The molecule has 1 aromatic heterocycles. The quantitative estimate of drug-likeness (QED) is 0.482. The number of nitrogens with zero attached hydrogens (tertiary/aromatic N) is 1. The van der Waals surface area contributed by atoms with E-state index in [0.29, 0.717) is 12.1 Å². The van der Waals surface area contributed by atoms with E-state index in [1.54, 1.807) is 24.3 Å². The van der Waals surface area contributed by atoms with Gasteiger partial charge in [0.2, 0.25) is 0 Å². The molecule has 1 unspecified atom stereocenters. The highest BCUT2D eigenvalue weighted by Gasteiger charge is 2.31. The maximum Gasteiger partial charge on any atom is 0.313 e. The number of nitrogens with one attached hydrogen (secondary N) is 1. The van der Waals surface area contributed by atoms with Crippen molar-refractivity contribution in [1.29, 1.82) is 0 Å². The Bertz CT molecular complexity index is 1250. The molecule has 31 heavy (non-hydrogen) atoms. The van der Waals surface area contributed by atoms with Crippen LogP contribution in [0.1, 0.15) is 37.8 Å². The molecule has 1 aliphatic rings. The average Bonchev–Trinajstić information content (AvgIpc) is 3.06. The highest BCUT2D eigenvalue weighted by Crippen LogP contribution is 2.25. The molecule has 3 aromatic rings. The van der Waals surface area contributed by atoms with Crippen LogP contribution in [-0.2, 0) is 16.0 Å². The molecule has 0 spiro atoms. The van der Waals surface area contributed by atoms with Crippen molar-refractivity contribution >= 4 is 23.6 Å². The van der Waals surface area contributed by atoms with Crippen LogP contribution < -0.4 is 16.6 Å². The minimum Gasteiger partial charge on any atom is -0.469 e. The van der Waals surface area contributed by atoms with Gasteiger partial charge < -0.3 is 10.5 Å². The number of carbonyl (C=O) groups excluding carboxylic acids is 3. The van der Waals surface area contributed by atoms with Gasteiger partial charge in [0.25, 0.3) is 17.4 Å². The second kappa shape index (κ2) is 7.91. The van der Waals surface area contributed by atoms with Crippen LogP contribution in [0, 0.1) is 0 Å². The zero-order valence-electron chi connectivity index (χ0n) is 16.6. The molecule has 156 valence electrons. The normalized spacial score (nSPS) is 13.5. The highest BCUT2D eigenvalue weighted by molar-refractivity contribution is 6.23. The third-order valence-corrected chi connectivity index (χ3v) is 5.28. The monoisotopic (exact) mass is 417 g/mol. The molecule has 8 heteroatoms. The number of hydrogen-bond donors (Lipinski definition) is 2. The molecule has 0 saturated heterocycles. The van der Waals surface area contributed by atoms with Crippen molar-refractivity contribution in [1.82, 2.24) is 9.88 Å². The number of hydrogen-bond acceptors (Lipinski definition) is 6. The molecule has 0 fully saturated rings. The number of anilines is 1. The molecule has 4 rings (SSSR count). The summed E-state index contributed by atoms with van der Waals surface area (Å²) in [5.41, 5.74) is 7.64. The largest absolute Gasteiger partial charge is 0.469 e. The van der Waals surface area contributed by atoms with Crippen LogP contribution in [0.15, 0.2) is 65.5 Å². The lowest BCUT2D eigenvalue weighted by atomic mass is 9.92. The molecule has 1 aliphatic heterocycles. The molecule has 2 heterocycles. The molecule has 2 aromatic carbocycles. The zero-order valence-corrected chi connectivity index (χ0v) is 16.6. The molecule has 0 saturated carbocycles. The summed E-state index contributed by atoms with van der Waals surface area (Å²) in [6, 6.07) is 17.3. The Labute approximate surface area is 177 Å². The summed E-state index contributed by atoms with van der Waals surface area (Å²) < 4.78 is 6.13. The number of imide groups is 1. The summed E-state index contributed by atoms with van der Waals surface area (Å²) >= 11 is 0. The van der Waals surface area contributed by atoms with Crippen LogP contribution in [0.4, 0.5) is 5.82 Å². The van der Waals surface area contributed by atoms with E-state index < -0.39 is 23.3 Å². The Balaban J connectivity index is 1.67. The van der Waals surface area contributed by atoms with E-state index in [9.17, 15) is 19.2 Å². The van der Waals surface area contributed by atoms with Crippen LogP contribution in [-0.4, -0.2) is 29.5 Å². The summed E-state index contributed by atoms with van der Waals surface area (Å²) in [7, 11) is 1.35. The number of esters is 1. The molecule has 0 bridgehead atoms. The Morgan fingerprint density at radius 1 is 1.03 bits per heavy atom. The number of carbonyl (C=O) groups is 3. The van der Waals surface area contributed by atoms with E-state index in [2.05, 4.69) is 5.32 Å². The van der Waals surface area contributed by atoms with Gasteiger partial charge in [0.15, 0.2) is 0 Å². The number of ether oxygens (including phenoxy) is 1. The standard InChI is InChI=1S/C23H19N3O5/c1-31-23(30)16(14-5-3-2-4-6-14)11-13-7-9-15(10-8-13)26-18(27)12-17-19(20(26)24)22(29)25-21(17)28/h2-10,12,16H,11,24H2,1H3,(H,25,28,29). The van der Waals surface area contributed by atoms with Gasteiger partial charge in [-0.25, -0.2) is 0 Å². The molecular weight excluding hydrogens is 398 g/mol. The number of rotatable bonds is 5. The number of nitrogen functional groups attached to an aromatic ring is 1. The van der Waals surface area contributed by atoms with Gasteiger partial charge >= 0.3 is 5.97 Å². The van der Waals surface area contributed by atoms with Gasteiger partial charge in [-0.2, -0.15) is 0 Å². The van der Waals surface area contributed by atoms with Crippen LogP contribution in [0.3, 0.4) is 0 Å². The topological polar surface area (TPSA) is 120 Å². The van der Waals surface area contributed by atoms with Crippen molar-refractivity contribution in [2.24, 2.45) is 0 Å². The fourth-order valence-corrected chi connectivity index (χ4v) is 3.73. The molecule has 0 radical (unpaired) electrons. The van der Waals surface area contributed by atoms with E-state index in [-0.39, 0.29) is 22.9 Å². The lowest BCUT2D eigenvalue weighted by Gasteiger charge is -2.16. The summed E-state index contributed by atoms with van der Waals surface area (Å²) in [5.74, 6) is -2.19. The maximum absolute atomic E-state index is 12.6. The second-order valence-corrected chi connectivity index (χ2v) is 7.13. The Morgan fingerprint density at radius 2 is 1.71 bits per heavy atom. The van der Waals surface area contributed by atoms with Gasteiger partial charge in [-0.3, -0.25) is 29.1 Å². The van der Waals surface area contributed by atoms with Crippen molar-refractivity contribution in [2.75, 3.05) is 12.8 Å². The van der Waals surface area contributed by atoms with Crippen LogP contribution in [0.25, 0.3) is 5.69 Å². The van der Waals surface area contributed by atoms with Crippen molar-refractivity contribution in [3.05, 3.63) is 93.3 Å². The lowest BCUT2D eigenvalue weighted by molar-refractivity contribution is -0.142. The fourth-order valence-electron chi connectivity index (χ4n) is 3.73. The third kappa shape index (κ3) is 3.59. The van der Waals surface area contributed by atoms with E-state index in [4.69, 9.17) is 10.5 Å². The second-order valence-electron chi connectivity index (χ2n) is 7.13. The first-order valence-electron chi connectivity index (χ1n) is 9.54. The summed E-state index contributed by atoms with van der Waals surface area (Å²) in [4.78, 5) is 48.7. The van der Waals surface area contributed by atoms with Crippen molar-refractivity contribution in [3.63, 3.8) is 0 Å². The van der Waals surface area contributed by atoms with Gasteiger partial charge in [-0.1, -0.05) is 42.5 Å². The molecule has 0 aliphatic carbocycles. The van der Waals surface area contributed by atoms with Crippen molar-refractivity contribution < 1.29 is 19.1 Å². The summed E-state index contributed by atoms with van der Waals surface area (Å²) in [6.45, 7) is 0. The molecule has 2 amide bonds. The number of benzene rings is 2. The molecule has 1 atom stereocenters. The Hall–Kier alpha value is -4.20. The maximum atomic E-state index is 12.6. The first-order valence-corrected chi connectivity index (χ1v) is 9.54. The first kappa shape index (κ1) is 20.1. The number of fused-ring (bicyclic) bond motifs is 1. The number of aromatic nitrogens is 1. The Morgan fingerprint density at radius 3 is 2.35 bits per heavy atom. The molecule has 3 N–H and O–H groups in total. The van der Waals surface area contributed by atoms with Gasteiger partial charge in [0.1, 0.15) is 5.82 Å². The predicted molar refractivity (Wildman–Crippen MR) is 113 cm³/mol. The molecule has 8 nitrogen and oxygen atoms in total. The smallest absolute Gasteiger partial charge is 0.313 e. The van der Waals surface area contributed by atoms with Gasteiger partial charge in [-0.15, -0.1) is 0 Å². The van der Waals surface area contributed by atoms with Crippen LogP contribution >= 0.6 is 0 Å². The SMILES string of the molecule is COC(=O)C(Cc1ccc(-n2c(N)c3c(cc2=O)C(=O)NC3=O)cc1)c1ccccc1. The van der Waals surface area contributed by atoms with E-state index >= 15 is 0 Å². The van der Waals surface area contributed by atoms with E-state index in [0.717, 1.165) is 17.2 Å². The minimum absolute atomic E-state index is 0.0106.